The fraction of sp³-hybridized carbons (Fsp3) is 0.222. The second-order valence-corrected chi connectivity index (χ2v) is 10.5. The Labute approximate surface area is 216 Å². The summed E-state index contributed by atoms with van der Waals surface area (Å²) in [6, 6.07) is 18.7. The molecule has 0 saturated carbocycles. The fourth-order valence-corrected chi connectivity index (χ4v) is 5.44. The Morgan fingerprint density at radius 1 is 0.944 bits per heavy atom. The monoisotopic (exact) mass is 525 g/mol. The van der Waals surface area contributed by atoms with Crippen molar-refractivity contribution in [2.75, 3.05) is 35.1 Å². The Morgan fingerprint density at radius 2 is 1.61 bits per heavy atom. The maximum atomic E-state index is 13.5. The minimum atomic E-state index is -3.94. The lowest BCUT2D eigenvalue weighted by molar-refractivity contribution is -0.111. The number of ether oxygens (including phenoxy) is 1. The zero-order valence-corrected chi connectivity index (χ0v) is 21.5. The molecule has 1 fully saturated rings. The minimum absolute atomic E-state index is 0.111. The number of hydrogen-bond donors (Lipinski definition) is 2. The number of carbonyl (C=O) groups excluding carboxylic acids is 1. The molecule has 3 aromatic rings. The number of rotatable bonds is 8. The van der Waals surface area contributed by atoms with E-state index in [1.807, 2.05) is 0 Å². The number of carbonyl (C=O) groups is 1. The molecule has 0 atom stereocenters. The molecule has 1 saturated heterocycles. The maximum Gasteiger partial charge on any atom is 0.264 e. The van der Waals surface area contributed by atoms with Crippen molar-refractivity contribution in [2.45, 2.75) is 24.2 Å². The Morgan fingerprint density at radius 3 is 2.28 bits per heavy atom. The third kappa shape index (κ3) is 6.59. The van der Waals surface area contributed by atoms with Crippen molar-refractivity contribution in [3.05, 3.63) is 83.4 Å². The first-order valence-corrected chi connectivity index (χ1v) is 13.5. The molecule has 0 unspecified atom stereocenters. The van der Waals surface area contributed by atoms with Gasteiger partial charge in [-0.05, 0) is 85.5 Å². The number of methoxy groups -OCH3 is 1. The predicted molar refractivity (Wildman–Crippen MR) is 145 cm³/mol. The molecule has 0 aliphatic carbocycles. The Balaban J connectivity index is 1.59. The van der Waals surface area contributed by atoms with E-state index >= 15 is 0 Å². The minimum Gasteiger partial charge on any atom is -0.497 e. The summed E-state index contributed by atoms with van der Waals surface area (Å²) >= 11 is 5.90. The van der Waals surface area contributed by atoms with Crippen molar-refractivity contribution in [3.8, 4) is 5.75 Å². The number of nitrogens with one attached hydrogen (secondary N) is 2. The average molecular weight is 526 g/mol. The number of hydrogen-bond acceptors (Lipinski definition) is 5. The zero-order chi connectivity index (χ0) is 25.5. The highest BCUT2D eigenvalue weighted by atomic mass is 35.5. The molecule has 1 aliphatic heterocycles. The van der Waals surface area contributed by atoms with Crippen molar-refractivity contribution in [2.24, 2.45) is 0 Å². The van der Waals surface area contributed by atoms with Crippen LogP contribution >= 0.6 is 11.6 Å². The third-order valence-corrected chi connectivity index (χ3v) is 7.52. The normalized spacial score (nSPS) is 14.0. The molecule has 0 radical (unpaired) electrons. The first kappa shape index (κ1) is 25.6. The van der Waals surface area contributed by atoms with Crippen LogP contribution in [0.4, 0.5) is 17.1 Å². The number of sulfonamides is 1. The second-order valence-electron chi connectivity index (χ2n) is 8.44. The highest BCUT2D eigenvalue weighted by Gasteiger charge is 2.24. The number of benzene rings is 3. The second kappa shape index (κ2) is 11.5. The van der Waals surface area contributed by atoms with Crippen LogP contribution in [0.5, 0.6) is 5.75 Å². The van der Waals surface area contributed by atoms with Gasteiger partial charge in [0.15, 0.2) is 0 Å². The Kier molecular flexibility index (Phi) is 8.18. The van der Waals surface area contributed by atoms with Crippen molar-refractivity contribution in [3.63, 3.8) is 0 Å². The van der Waals surface area contributed by atoms with Crippen LogP contribution < -0.4 is 19.7 Å². The van der Waals surface area contributed by atoms with Crippen LogP contribution in [0.3, 0.4) is 0 Å². The van der Waals surface area contributed by atoms with Gasteiger partial charge in [-0.3, -0.25) is 9.52 Å². The fourth-order valence-electron chi connectivity index (χ4n) is 4.00. The molecule has 1 amide bonds. The predicted octanol–water partition coefficient (Wildman–Crippen LogP) is 5.79. The number of amides is 1. The van der Waals surface area contributed by atoms with Gasteiger partial charge in [-0.15, -0.1) is 0 Å². The molecule has 2 N–H and O–H groups in total. The highest BCUT2D eigenvalue weighted by Crippen LogP contribution is 2.32. The molecule has 4 rings (SSSR count). The van der Waals surface area contributed by atoms with Crippen molar-refractivity contribution < 1.29 is 17.9 Å². The number of anilines is 3. The van der Waals surface area contributed by atoms with Crippen LogP contribution in [0.2, 0.25) is 5.02 Å². The molecular weight excluding hydrogens is 498 g/mol. The lowest BCUT2D eigenvalue weighted by atomic mass is 10.1. The van der Waals surface area contributed by atoms with Crippen LogP contribution in [-0.4, -0.2) is 34.5 Å². The van der Waals surface area contributed by atoms with E-state index in [0.717, 1.165) is 37.9 Å². The lowest BCUT2D eigenvalue weighted by Gasteiger charge is -2.30. The molecule has 0 bridgehead atoms. The standard InChI is InChI=1S/C27H28ClN3O4S/c1-35-24-13-10-22(11-14-24)30-36(33,34)26-19-23(12-15-25(26)31-17-3-2-4-18-31)29-27(32)16-7-20-5-8-21(28)9-6-20/h5-16,19,30H,2-4,17-18H2,1H3,(H,29,32). The van der Waals surface area contributed by atoms with Crippen molar-refractivity contribution in [1.29, 1.82) is 0 Å². The van der Waals surface area contributed by atoms with E-state index in [1.165, 1.54) is 12.1 Å². The summed E-state index contributed by atoms with van der Waals surface area (Å²) in [6.07, 6.45) is 6.18. The van der Waals surface area contributed by atoms with Gasteiger partial charge in [-0.2, -0.15) is 0 Å². The summed E-state index contributed by atoms with van der Waals surface area (Å²) in [5.74, 6) is 0.255. The van der Waals surface area contributed by atoms with Crippen LogP contribution in [-0.2, 0) is 14.8 Å². The van der Waals surface area contributed by atoms with Gasteiger partial charge in [0.05, 0.1) is 12.8 Å². The molecule has 0 spiro atoms. The molecule has 188 valence electrons. The summed E-state index contributed by atoms with van der Waals surface area (Å²) in [4.78, 5) is 14.7. The zero-order valence-electron chi connectivity index (χ0n) is 19.9. The molecule has 0 aromatic heterocycles. The Bertz CT molecular complexity index is 1330. The molecule has 1 heterocycles. The van der Waals surface area contributed by atoms with Crippen molar-refractivity contribution >= 4 is 50.7 Å². The van der Waals surface area contributed by atoms with E-state index in [-0.39, 0.29) is 10.8 Å². The molecular formula is C27H28ClN3O4S. The van der Waals surface area contributed by atoms with Gasteiger partial charge in [0.1, 0.15) is 10.6 Å². The summed E-state index contributed by atoms with van der Waals surface area (Å²) in [5, 5.41) is 3.38. The van der Waals surface area contributed by atoms with Crippen LogP contribution in [0, 0.1) is 0 Å². The SMILES string of the molecule is COc1ccc(NS(=O)(=O)c2cc(NC(=O)C=Cc3ccc(Cl)cc3)ccc2N2CCCCC2)cc1. The summed E-state index contributed by atoms with van der Waals surface area (Å²) in [5.41, 5.74) is 2.24. The highest BCUT2D eigenvalue weighted by molar-refractivity contribution is 7.92. The van der Waals surface area contributed by atoms with E-state index in [2.05, 4.69) is 14.9 Å². The lowest BCUT2D eigenvalue weighted by Crippen LogP contribution is -2.31. The first-order valence-electron chi connectivity index (χ1n) is 11.6. The van der Waals surface area contributed by atoms with Gasteiger partial charge in [-0.1, -0.05) is 23.7 Å². The van der Waals surface area contributed by atoms with Crippen LogP contribution in [0.15, 0.2) is 77.7 Å². The first-order chi connectivity index (χ1) is 17.3. The largest absolute Gasteiger partial charge is 0.497 e. The molecule has 36 heavy (non-hydrogen) atoms. The summed E-state index contributed by atoms with van der Waals surface area (Å²) < 4.78 is 34.8. The van der Waals surface area contributed by atoms with Gasteiger partial charge in [0, 0.05) is 35.6 Å². The van der Waals surface area contributed by atoms with Crippen LogP contribution in [0.25, 0.3) is 6.08 Å². The maximum absolute atomic E-state index is 13.5. The van der Waals surface area contributed by atoms with E-state index in [1.54, 1.807) is 73.8 Å². The summed E-state index contributed by atoms with van der Waals surface area (Å²) in [6.45, 7) is 1.56. The number of piperidine rings is 1. The van der Waals surface area contributed by atoms with Crippen molar-refractivity contribution in [1.82, 2.24) is 0 Å². The Hall–Kier alpha value is -3.49. The van der Waals surface area contributed by atoms with E-state index in [4.69, 9.17) is 16.3 Å². The van der Waals surface area contributed by atoms with Crippen LogP contribution in [0.1, 0.15) is 24.8 Å². The number of nitrogens with zero attached hydrogens (tertiary/aromatic N) is 1. The quantitative estimate of drug-likeness (QED) is 0.363. The molecule has 1 aliphatic rings. The number of halogens is 1. The summed E-state index contributed by atoms with van der Waals surface area (Å²) in [7, 11) is -2.39. The van der Waals surface area contributed by atoms with E-state index in [9.17, 15) is 13.2 Å². The smallest absolute Gasteiger partial charge is 0.264 e. The van der Waals surface area contributed by atoms with Gasteiger partial charge in [0.2, 0.25) is 5.91 Å². The topological polar surface area (TPSA) is 87.7 Å². The van der Waals surface area contributed by atoms with Gasteiger partial charge >= 0.3 is 0 Å². The average Bonchev–Trinajstić information content (AvgIpc) is 2.89. The van der Waals surface area contributed by atoms with Gasteiger partial charge < -0.3 is 15.0 Å². The van der Waals surface area contributed by atoms with Gasteiger partial charge in [-0.25, -0.2) is 8.42 Å². The van der Waals surface area contributed by atoms with E-state index < -0.39 is 10.0 Å². The van der Waals surface area contributed by atoms with E-state index in [0.29, 0.717) is 27.8 Å². The van der Waals surface area contributed by atoms with Gasteiger partial charge in [0.25, 0.3) is 10.0 Å². The molecule has 3 aromatic carbocycles. The molecule has 9 heteroatoms. The third-order valence-electron chi connectivity index (χ3n) is 5.85. The molecule has 7 nitrogen and oxygen atoms in total.